The zero-order chi connectivity index (χ0) is 22.0. The molecule has 5 nitrogen and oxygen atoms in total. The number of hydrogen-bond donors (Lipinski definition) is 3. The quantitative estimate of drug-likeness (QED) is 0.474. The van der Waals surface area contributed by atoms with E-state index in [2.05, 4.69) is 22.8 Å². The molecule has 2 aromatic rings. The Balaban J connectivity index is 1.20. The van der Waals surface area contributed by atoms with Gasteiger partial charge in [0.15, 0.2) is 0 Å². The highest BCUT2D eigenvalue weighted by atomic mass is 16.3. The number of aromatic nitrogens is 1. The van der Waals surface area contributed by atoms with E-state index in [0.717, 1.165) is 72.4 Å². The van der Waals surface area contributed by atoms with E-state index in [0.29, 0.717) is 6.42 Å². The predicted octanol–water partition coefficient (Wildman–Crippen LogP) is 4.68. The molecule has 6 rings (SSSR count). The lowest BCUT2D eigenvalue weighted by Gasteiger charge is -2.56. The van der Waals surface area contributed by atoms with E-state index >= 15 is 0 Å². The SMILES string of the molecule is O=C(CC12CC3CC(CC(C3)C1)C2)Nc1cccc2nc(CCCNCCCO)ccc12. The molecule has 0 saturated heterocycles. The van der Waals surface area contributed by atoms with E-state index in [9.17, 15) is 4.79 Å². The normalized spacial score (nSPS) is 28.3. The highest BCUT2D eigenvalue weighted by Crippen LogP contribution is 2.61. The number of hydrogen-bond acceptors (Lipinski definition) is 4. The molecule has 4 fully saturated rings. The summed E-state index contributed by atoms with van der Waals surface area (Å²) in [5, 5.41) is 16.4. The van der Waals surface area contributed by atoms with Crippen molar-refractivity contribution in [1.82, 2.24) is 10.3 Å². The van der Waals surface area contributed by atoms with Crippen molar-refractivity contribution in [1.29, 1.82) is 0 Å². The Hall–Kier alpha value is -1.98. The number of aryl methyl sites for hydroxylation is 1. The number of pyridine rings is 1. The number of benzene rings is 1. The third-order valence-electron chi connectivity index (χ3n) is 8.06. The van der Waals surface area contributed by atoms with Gasteiger partial charge < -0.3 is 15.7 Å². The Morgan fingerprint density at radius 1 is 1.00 bits per heavy atom. The number of carbonyl (C=O) groups is 1. The number of carbonyl (C=O) groups excluding carboxylic acids is 1. The maximum atomic E-state index is 13.1. The van der Waals surface area contributed by atoms with Gasteiger partial charge in [-0.15, -0.1) is 0 Å². The Morgan fingerprint density at radius 3 is 2.44 bits per heavy atom. The second-order valence-corrected chi connectivity index (χ2v) is 10.7. The number of rotatable bonds is 10. The summed E-state index contributed by atoms with van der Waals surface area (Å²) in [5.41, 5.74) is 3.18. The zero-order valence-electron chi connectivity index (χ0n) is 19.1. The Bertz CT molecular complexity index is 922. The predicted molar refractivity (Wildman–Crippen MR) is 128 cm³/mol. The number of fused-ring (bicyclic) bond motifs is 1. The van der Waals surface area contributed by atoms with Crippen molar-refractivity contribution < 1.29 is 9.90 Å². The number of aliphatic hydroxyl groups is 1. The maximum Gasteiger partial charge on any atom is 0.224 e. The molecule has 1 aromatic heterocycles. The molecular formula is C27H37N3O2. The van der Waals surface area contributed by atoms with Gasteiger partial charge in [-0.1, -0.05) is 6.07 Å². The van der Waals surface area contributed by atoms with Crippen molar-refractivity contribution in [3.05, 3.63) is 36.0 Å². The van der Waals surface area contributed by atoms with Crippen LogP contribution in [0.4, 0.5) is 5.69 Å². The molecule has 5 heteroatoms. The number of anilines is 1. The van der Waals surface area contributed by atoms with Crippen molar-refractivity contribution in [3.63, 3.8) is 0 Å². The average Bonchev–Trinajstić information content (AvgIpc) is 2.75. The first-order valence-corrected chi connectivity index (χ1v) is 12.6. The van der Waals surface area contributed by atoms with Crippen LogP contribution in [0, 0.1) is 23.2 Å². The van der Waals surface area contributed by atoms with Crippen molar-refractivity contribution >= 4 is 22.5 Å². The molecule has 0 radical (unpaired) electrons. The van der Waals surface area contributed by atoms with Crippen LogP contribution in [0.3, 0.4) is 0 Å². The maximum absolute atomic E-state index is 13.1. The number of nitrogens with zero attached hydrogens (tertiary/aromatic N) is 1. The molecule has 0 atom stereocenters. The lowest BCUT2D eigenvalue weighted by molar-refractivity contribution is -0.124. The molecular weight excluding hydrogens is 398 g/mol. The molecule has 32 heavy (non-hydrogen) atoms. The van der Waals surface area contributed by atoms with Gasteiger partial charge in [0, 0.05) is 24.1 Å². The van der Waals surface area contributed by atoms with E-state index in [4.69, 9.17) is 10.1 Å². The van der Waals surface area contributed by atoms with Crippen LogP contribution in [0.2, 0.25) is 0 Å². The largest absolute Gasteiger partial charge is 0.396 e. The van der Waals surface area contributed by atoms with Gasteiger partial charge in [-0.25, -0.2) is 0 Å². The summed E-state index contributed by atoms with van der Waals surface area (Å²) in [4.78, 5) is 17.9. The molecule has 4 aliphatic carbocycles. The van der Waals surface area contributed by atoms with Gasteiger partial charge in [0.1, 0.15) is 0 Å². The Labute approximate surface area is 191 Å². The van der Waals surface area contributed by atoms with Crippen LogP contribution in [0.25, 0.3) is 10.9 Å². The van der Waals surface area contributed by atoms with E-state index in [1.165, 1.54) is 38.5 Å². The van der Waals surface area contributed by atoms with E-state index in [1.807, 2.05) is 18.2 Å². The number of amides is 1. The van der Waals surface area contributed by atoms with Crippen LogP contribution in [0.5, 0.6) is 0 Å². The summed E-state index contributed by atoms with van der Waals surface area (Å²) < 4.78 is 0. The summed E-state index contributed by atoms with van der Waals surface area (Å²) in [7, 11) is 0. The highest BCUT2D eigenvalue weighted by Gasteiger charge is 2.51. The lowest BCUT2D eigenvalue weighted by atomic mass is 9.49. The topological polar surface area (TPSA) is 74.2 Å². The molecule has 0 aliphatic heterocycles. The summed E-state index contributed by atoms with van der Waals surface area (Å²) in [6.45, 7) is 2.02. The molecule has 4 bridgehead atoms. The van der Waals surface area contributed by atoms with Crippen LogP contribution in [0.1, 0.15) is 63.5 Å². The minimum atomic E-state index is 0.178. The summed E-state index contributed by atoms with van der Waals surface area (Å²) >= 11 is 0. The van der Waals surface area contributed by atoms with E-state index in [1.54, 1.807) is 0 Å². The molecule has 1 aromatic carbocycles. The second kappa shape index (κ2) is 9.48. The van der Waals surface area contributed by atoms with Gasteiger partial charge >= 0.3 is 0 Å². The minimum absolute atomic E-state index is 0.178. The Morgan fingerprint density at radius 2 is 1.72 bits per heavy atom. The third-order valence-corrected chi connectivity index (χ3v) is 8.06. The van der Waals surface area contributed by atoms with Gasteiger partial charge in [-0.2, -0.15) is 0 Å². The van der Waals surface area contributed by atoms with Gasteiger partial charge in [0.2, 0.25) is 5.91 Å². The van der Waals surface area contributed by atoms with Crippen LogP contribution in [0.15, 0.2) is 30.3 Å². The lowest BCUT2D eigenvalue weighted by Crippen LogP contribution is -2.47. The van der Waals surface area contributed by atoms with Gasteiger partial charge in [0.05, 0.1) is 11.2 Å². The van der Waals surface area contributed by atoms with Crippen LogP contribution < -0.4 is 10.6 Å². The second-order valence-electron chi connectivity index (χ2n) is 10.7. The van der Waals surface area contributed by atoms with Gasteiger partial charge in [-0.3, -0.25) is 9.78 Å². The summed E-state index contributed by atoms with van der Waals surface area (Å²) in [5.74, 6) is 2.80. The first-order valence-electron chi connectivity index (χ1n) is 12.6. The van der Waals surface area contributed by atoms with Crippen molar-refractivity contribution in [2.45, 2.75) is 64.2 Å². The van der Waals surface area contributed by atoms with Gasteiger partial charge in [-0.05, 0) is 118 Å². The molecule has 0 spiro atoms. The van der Waals surface area contributed by atoms with E-state index in [-0.39, 0.29) is 17.9 Å². The van der Waals surface area contributed by atoms with Crippen LogP contribution >= 0.6 is 0 Å². The fourth-order valence-electron chi connectivity index (χ4n) is 7.21. The first-order chi connectivity index (χ1) is 15.6. The molecule has 0 unspecified atom stereocenters. The fraction of sp³-hybridized carbons (Fsp3) is 0.630. The monoisotopic (exact) mass is 435 g/mol. The standard InChI is InChI=1S/C27H37N3O2/c31-11-3-10-28-9-2-4-22-7-8-23-24(29-22)5-1-6-25(23)30-26(32)18-27-15-19-12-20(16-27)14-21(13-19)17-27/h1,5-8,19-21,28,31H,2-4,9-18H2,(H,30,32). The summed E-state index contributed by atoms with van der Waals surface area (Å²) in [6, 6.07) is 10.2. The number of nitrogens with one attached hydrogen (secondary N) is 2. The first kappa shape index (κ1) is 21.8. The molecule has 4 aliphatic rings. The molecule has 4 saturated carbocycles. The Kier molecular flexibility index (Phi) is 6.47. The highest BCUT2D eigenvalue weighted by molar-refractivity contribution is 6.01. The van der Waals surface area contributed by atoms with Crippen LogP contribution in [-0.2, 0) is 11.2 Å². The van der Waals surface area contributed by atoms with Crippen LogP contribution in [-0.4, -0.2) is 35.7 Å². The smallest absolute Gasteiger partial charge is 0.224 e. The molecule has 1 heterocycles. The minimum Gasteiger partial charge on any atom is -0.396 e. The van der Waals surface area contributed by atoms with E-state index < -0.39 is 0 Å². The molecule has 172 valence electrons. The fourth-order valence-corrected chi connectivity index (χ4v) is 7.21. The molecule has 3 N–H and O–H groups in total. The third kappa shape index (κ3) is 4.84. The van der Waals surface area contributed by atoms with Crippen molar-refractivity contribution in [2.75, 3.05) is 25.0 Å². The van der Waals surface area contributed by atoms with Crippen molar-refractivity contribution in [3.8, 4) is 0 Å². The summed E-state index contributed by atoms with van der Waals surface area (Å²) in [6.07, 6.45) is 11.5. The number of aliphatic hydroxyl groups excluding tert-OH is 1. The molecule has 1 amide bonds. The van der Waals surface area contributed by atoms with Crippen molar-refractivity contribution in [2.24, 2.45) is 23.2 Å². The zero-order valence-corrected chi connectivity index (χ0v) is 19.1. The average molecular weight is 436 g/mol. The van der Waals surface area contributed by atoms with Gasteiger partial charge in [0.25, 0.3) is 0 Å².